The van der Waals surface area contributed by atoms with Gasteiger partial charge in [-0.15, -0.1) is 0 Å². The first-order valence-electron chi connectivity index (χ1n) is 7.22. The van der Waals surface area contributed by atoms with E-state index >= 15 is 0 Å². The molecule has 1 rings (SSSR count). The summed E-state index contributed by atoms with van der Waals surface area (Å²) in [5, 5.41) is 13.6. The fourth-order valence-electron chi connectivity index (χ4n) is 2.58. The minimum Gasteiger partial charge on any atom is -0.481 e. The molecule has 6 heteroatoms. The standard InChI is InChI=1S/C14H24N2O4/c1-9-5-3-6-11(10(9)2)15-14(20)16-12(17)7-4-8-13(18)19/h9-11H,3-8H2,1-2H3,(H,18,19)(H2,15,16,17,20). The maximum atomic E-state index is 11.7. The van der Waals surface area contributed by atoms with E-state index in [2.05, 4.69) is 24.5 Å². The molecule has 3 atom stereocenters. The van der Waals surface area contributed by atoms with Gasteiger partial charge in [-0.05, 0) is 24.7 Å². The third kappa shape index (κ3) is 5.59. The summed E-state index contributed by atoms with van der Waals surface area (Å²) in [5.74, 6) is -0.399. The Morgan fingerprint density at radius 3 is 2.50 bits per heavy atom. The number of imide groups is 1. The Hall–Kier alpha value is -1.59. The highest BCUT2D eigenvalue weighted by Crippen LogP contribution is 2.29. The highest BCUT2D eigenvalue weighted by molar-refractivity contribution is 5.94. The maximum absolute atomic E-state index is 11.7. The molecule has 0 aliphatic heterocycles. The molecule has 0 saturated heterocycles. The van der Waals surface area contributed by atoms with Crippen molar-refractivity contribution in [2.75, 3.05) is 0 Å². The zero-order valence-electron chi connectivity index (χ0n) is 12.1. The molecule has 20 heavy (non-hydrogen) atoms. The molecule has 1 aliphatic rings. The van der Waals surface area contributed by atoms with Crippen LogP contribution in [0.3, 0.4) is 0 Å². The van der Waals surface area contributed by atoms with Crippen molar-refractivity contribution in [2.45, 2.75) is 58.4 Å². The van der Waals surface area contributed by atoms with Crippen LogP contribution in [0, 0.1) is 11.8 Å². The van der Waals surface area contributed by atoms with Gasteiger partial charge in [-0.1, -0.05) is 26.7 Å². The molecule has 6 nitrogen and oxygen atoms in total. The van der Waals surface area contributed by atoms with E-state index in [0.29, 0.717) is 11.8 Å². The Morgan fingerprint density at radius 2 is 1.85 bits per heavy atom. The van der Waals surface area contributed by atoms with Gasteiger partial charge < -0.3 is 10.4 Å². The summed E-state index contributed by atoms with van der Waals surface area (Å²) >= 11 is 0. The Kier molecular flexibility index (Phi) is 6.48. The Balaban J connectivity index is 2.28. The van der Waals surface area contributed by atoms with Crippen molar-refractivity contribution in [1.29, 1.82) is 0 Å². The molecule has 1 saturated carbocycles. The van der Waals surface area contributed by atoms with Crippen LogP contribution in [0.2, 0.25) is 0 Å². The van der Waals surface area contributed by atoms with Gasteiger partial charge in [0.2, 0.25) is 5.91 Å². The zero-order valence-corrected chi connectivity index (χ0v) is 12.1. The normalized spacial score (nSPS) is 25.8. The summed E-state index contributed by atoms with van der Waals surface area (Å²) in [4.78, 5) is 33.5. The lowest BCUT2D eigenvalue weighted by Crippen LogP contribution is -2.49. The average molecular weight is 284 g/mol. The molecule has 3 amide bonds. The van der Waals surface area contributed by atoms with Crippen molar-refractivity contribution in [3.8, 4) is 0 Å². The second-order valence-electron chi connectivity index (χ2n) is 5.64. The Labute approximate surface area is 119 Å². The van der Waals surface area contributed by atoms with Crippen LogP contribution in [0.25, 0.3) is 0 Å². The van der Waals surface area contributed by atoms with Crippen LogP contribution in [0.1, 0.15) is 52.4 Å². The predicted octanol–water partition coefficient (Wildman–Crippen LogP) is 1.89. The number of amides is 3. The van der Waals surface area contributed by atoms with Gasteiger partial charge in [0, 0.05) is 18.9 Å². The van der Waals surface area contributed by atoms with E-state index < -0.39 is 17.9 Å². The second-order valence-corrected chi connectivity index (χ2v) is 5.64. The first-order chi connectivity index (χ1) is 9.40. The van der Waals surface area contributed by atoms with Crippen molar-refractivity contribution in [3.63, 3.8) is 0 Å². The molecule has 0 heterocycles. The SMILES string of the molecule is CC1CCCC(NC(=O)NC(=O)CCCC(=O)O)C1C. The van der Waals surface area contributed by atoms with Gasteiger partial charge in [0.1, 0.15) is 0 Å². The highest BCUT2D eigenvalue weighted by Gasteiger charge is 2.28. The van der Waals surface area contributed by atoms with E-state index in [-0.39, 0.29) is 25.3 Å². The van der Waals surface area contributed by atoms with Crippen LogP contribution < -0.4 is 10.6 Å². The quantitative estimate of drug-likeness (QED) is 0.718. The molecule has 3 N–H and O–H groups in total. The number of urea groups is 1. The number of carbonyl (C=O) groups is 3. The van der Waals surface area contributed by atoms with Crippen molar-refractivity contribution < 1.29 is 19.5 Å². The predicted molar refractivity (Wildman–Crippen MR) is 74.1 cm³/mol. The van der Waals surface area contributed by atoms with Crippen LogP contribution in [-0.4, -0.2) is 29.1 Å². The molecule has 114 valence electrons. The van der Waals surface area contributed by atoms with Crippen LogP contribution in [0.15, 0.2) is 0 Å². The molecule has 3 unspecified atom stereocenters. The van der Waals surface area contributed by atoms with E-state index in [9.17, 15) is 14.4 Å². The number of hydrogen-bond acceptors (Lipinski definition) is 3. The average Bonchev–Trinajstić information content (AvgIpc) is 2.34. The van der Waals surface area contributed by atoms with Crippen LogP contribution in [-0.2, 0) is 9.59 Å². The summed E-state index contributed by atoms with van der Waals surface area (Å²) in [6.07, 6.45) is 3.43. The van der Waals surface area contributed by atoms with Crippen LogP contribution in [0.5, 0.6) is 0 Å². The minimum absolute atomic E-state index is 0.0519. The lowest BCUT2D eigenvalue weighted by atomic mass is 9.78. The number of nitrogens with one attached hydrogen (secondary N) is 2. The van der Waals surface area contributed by atoms with E-state index in [1.165, 1.54) is 6.42 Å². The number of carbonyl (C=O) groups excluding carboxylic acids is 2. The Morgan fingerprint density at radius 1 is 1.15 bits per heavy atom. The smallest absolute Gasteiger partial charge is 0.321 e. The van der Waals surface area contributed by atoms with Gasteiger partial charge in [0.25, 0.3) is 0 Å². The number of carboxylic acids is 1. The number of hydrogen-bond donors (Lipinski definition) is 3. The number of aliphatic carboxylic acids is 1. The number of rotatable bonds is 5. The summed E-state index contributed by atoms with van der Waals surface area (Å²) < 4.78 is 0. The van der Waals surface area contributed by atoms with Gasteiger partial charge in [-0.3, -0.25) is 14.9 Å². The molecule has 1 fully saturated rings. The fourth-order valence-corrected chi connectivity index (χ4v) is 2.58. The van der Waals surface area contributed by atoms with Gasteiger partial charge in [-0.25, -0.2) is 4.79 Å². The molecule has 1 aliphatic carbocycles. The lowest BCUT2D eigenvalue weighted by Gasteiger charge is -2.34. The van der Waals surface area contributed by atoms with Crippen molar-refractivity contribution in [3.05, 3.63) is 0 Å². The highest BCUT2D eigenvalue weighted by atomic mass is 16.4. The largest absolute Gasteiger partial charge is 0.481 e. The molecule has 0 aromatic carbocycles. The van der Waals surface area contributed by atoms with Gasteiger partial charge in [0.05, 0.1) is 0 Å². The van der Waals surface area contributed by atoms with E-state index in [4.69, 9.17) is 5.11 Å². The molecule has 0 aromatic rings. The molecular formula is C14H24N2O4. The molecule has 0 bridgehead atoms. The lowest BCUT2D eigenvalue weighted by molar-refractivity contribution is -0.137. The monoisotopic (exact) mass is 284 g/mol. The zero-order chi connectivity index (χ0) is 15.1. The summed E-state index contributed by atoms with van der Waals surface area (Å²) in [5.41, 5.74) is 0. The summed E-state index contributed by atoms with van der Waals surface area (Å²) in [7, 11) is 0. The van der Waals surface area contributed by atoms with Crippen LogP contribution in [0.4, 0.5) is 4.79 Å². The topological polar surface area (TPSA) is 95.5 Å². The van der Waals surface area contributed by atoms with Crippen molar-refractivity contribution >= 4 is 17.9 Å². The second kappa shape index (κ2) is 7.87. The third-order valence-corrected chi connectivity index (χ3v) is 4.07. The van der Waals surface area contributed by atoms with Crippen LogP contribution >= 0.6 is 0 Å². The van der Waals surface area contributed by atoms with Crippen molar-refractivity contribution in [2.24, 2.45) is 11.8 Å². The van der Waals surface area contributed by atoms with Gasteiger partial charge in [0.15, 0.2) is 0 Å². The molecule has 0 aromatic heterocycles. The molecule has 0 spiro atoms. The first kappa shape index (κ1) is 16.5. The Bertz CT molecular complexity index is 370. The minimum atomic E-state index is -0.938. The summed E-state index contributed by atoms with van der Waals surface area (Å²) in [6, 6.07) is -0.373. The number of carboxylic acid groups (broad SMARTS) is 1. The van der Waals surface area contributed by atoms with E-state index in [0.717, 1.165) is 12.8 Å². The van der Waals surface area contributed by atoms with E-state index in [1.54, 1.807) is 0 Å². The maximum Gasteiger partial charge on any atom is 0.321 e. The first-order valence-corrected chi connectivity index (χ1v) is 7.22. The molecule has 0 radical (unpaired) electrons. The van der Waals surface area contributed by atoms with Gasteiger partial charge in [-0.2, -0.15) is 0 Å². The fraction of sp³-hybridized carbons (Fsp3) is 0.786. The molecular weight excluding hydrogens is 260 g/mol. The summed E-state index contributed by atoms with van der Waals surface area (Å²) in [6.45, 7) is 4.29. The van der Waals surface area contributed by atoms with Gasteiger partial charge >= 0.3 is 12.0 Å². The van der Waals surface area contributed by atoms with E-state index in [1.807, 2.05) is 0 Å². The van der Waals surface area contributed by atoms with Crippen molar-refractivity contribution in [1.82, 2.24) is 10.6 Å². The third-order valence-electron chi connectivity index (χ3n) is 4.07.